The summed E-state index contributed by atoms with van der Waals surface area (Å²) >= 11 is 0. The fourth-order valence-corrected chi connectivity index (χ4v) is 3.73. The fourth-order valence-electron chi connectivity index (χ4n) is 2.72. The molecule has 1 saturated heterocycles. The average Bonchev–Trinajstić information content (AvgIpc) is 2.87. The molecule has 2 rings (SSSR count). The van der Waals surface area contributed by atoms with Gasteiger partial charge in [-0.3, -0.25) is 4.79 Å². The number of carbonyl (C=O) groups is 1. The summed E-state index contributed by atoms with van der Waals surface area (Å²) in [4.78, 5) is 11.7. The molecule has 2 aliphatic rings. The van der Waals surface area contributed by atoms with E-state index in [0.29, 0.717) is 24.8 Å². The van der Waals surface area contributed by atoms with Gasteiger partial charge in [-0.05, 0) is 50.6 Å². The Hall–Kier alpha value is -0.660. The van der Waals surface area contributed by atoms with Crippen LogP contribution in [0.4, 0.5) is 0 Å². The van der Waals surface area contributed by atoms with Crippen LogP contribution in [0.25, 0.3) is 0 Å². The molecular weight excluding hydrogens is 290 g/mol. The molecule has 0 aromatic rings. The maximum Gasteiger partial charge on any atom is 0.220 e. The maximum atomic E-state index is 11.8. The Balaban J connectivity index is 1.53. The van der Waals surface area contributed by atoms with E-state index in [1.807, 2.05) is 0 Å². The van der Waals surface area contributed by atoms with Crippen molar-refractivity contribution in [3.63, 3.8) is 0 Å². The summed E-state index contributed by atoms with van der Waals surface area (Å²) in [5.74, 6) is 1.02. The Morgan fingerprint density at radius 3 is 2.62 bits per heavy atom. The van der Waals surface area contributed by atoms with E-state index in [1.54, 1.807) is 0 Å². The van der Waals surface area contributed by atoms with E-state index in [1.165, 1.54) is 6.42 Å². The first-order valence-corrected chi connectivity index (χ1v) is 9.65. The lowest BCUT2D eigenvalue weighted by Crippen LogP contribution is -2.37. The van der Waals surface area contributed by atoms with E-state index in [4.69, 9.17) is 0 Å². The van der Waals surface area contributed by atoms with Gasteiger partial charge >= 0.3 is 0 Å². The topological polar surface area (TPSA) is 87.3 Å². The SMILES string of the molecule is O=C(CCC1CCNC1)NCCS(=O)(=O)NCC1CCC1. The number of nitrogens with one attached hydrogen (secondary N) is 3. The molecular formula is C14H27N3O3S. The van der Waals surface area contributed by atoms with Crippen LogP contribution < -0.4 is 15.4 Å². The maximum absolute atomic E-state index is 11.8. The molecule has 0 aromatic carbocycles. The smallest absolute Gasteiger partial charge is 0.220 e. The van der Waals surface area contributed by atoms with Crippen molar-refractivity contribution in [1.29, 1.82) is 0 Å². The molecule has 2 fully saturated rings. The van der Waals surface area contributed by atoms with Crippen LogP contribution in [0.3, 0.4) is 0 Å². The zero-order valence-corrected chi connectivity index (χ0v) is 13.4. The second-order valence-corrected chi connectivity index (χ2v) is 8.14. The fraction of sp³-hybridized carbons (Fsp3) is 0.929. The van der Waals surface area contributed by atoms with Crippen LogP contribution in [0.1, 0.15) is 38.5 Å². The quantitative estimate of drug-likeness (QED) is 0.567. The third kappa shape index (κ3) is 6.32. The highest BCUT2D eigenvalue weighted by atomic mass is 32.2. The summed E-state index contributed by atoms with van der Waals surface area (Å²) in [6, 6.07) is 0. The summed E-state index contributed by atoms with van der Waals surface area (Å²) in [7, 11) is -3.25. The van der Waals surface area contributed by atoms with Crippen molar-refractivity contribution in [1.82, 2.24) is 15.4 Å². The molecule has 0 radical (unpaired) electrons. The second-order valence-electron chi connectivity index (χ2n) is 6.21. The standard InChI is InChI=1S/C14H27N3O3S/c18-14(5-4-13-6-7-15-10-13)16-8-9-21(19,20)17-11-12-2-1-3-12/h12-13,15,17H,1-11H2,(H,16,18). The van der Waals surface area contributed by atoms with Gasteiger partial charge in [-0.15, -0.1) is 0 Å². The highest BCUT2D eigenvalue weighted by molar-refractivity contribution is 7.89. The van der Waals surface area contributed by atoms with E-state index in [-0.39, 0.29) is 18.2 Å². The molecule has 0 aromatic heterocycles. The third-order valence-corrected chi connectivity index (χ3v) is 5.80. The molecule has 1 saturated carbocycles. The molecule has 21 heavy (non-hydrogen) atoms. The van der Waals surface area contributed by atoms with Gasteiger partial charge in [0.15, 0.2) is 0 Å². The van der Waals surface area contributed by atoms with Crippen LogP contribution in [-0.2, 0) is 14.8 Å². The molecule has 1 unspecified atom stereocenters. The normalized spacial score (nSPS) is 23.0. The largest absolute Gasteiger partial charge is 0.355 e. The average molecular weight is 317 g/mol. The number of carbonyl (C=O) groups excluding carboxylic acids is 1. The number of hydrogen-bond donors (Lipinski definition) is 3. The summed E-state index contributed by atoms with van der Waals surface area (Å²) < 4.78 is 26.1. The van der Waals surface area contributed by atoms with Crippen LogP contribution in [0.15, 0.2) is 0 Å². The van der Waals surface area contributed by atoms with Gasteiger partial charge in [0.05, 0.1) is 5.75 Å². The van der Waals surface area contributed by atoms with Crippen molar-refractivity contribution in [2.24, 2.45) is 11.8 Å². The Labute approximate surface area is 127 Å². The van der Waals surface area contributed by atoms with Gasteiger partial charge in [0.1, 0.15) is 0 Å². The van der Waals surface area contributed by atoms with E-state index in [9.17, 15) is 13.2 Å². The van der Waals surface area contributed by atoms with Gasteiger partial charge in [0.25, 0.3) is 0 Å². The van der Waals surface area contributed by atoms with Crippen LogP contribution in [0.5, 0.6) is 0 Å². The Morgan fingerprint density at radius 2 is 2.00 bits per heavy atom. The van der Waals surface area contributed by atoms with Crippen molar-refractivity contribution >= 4 is 15.9 Å². The number of sulfonamides is 1. The lowest BCUT2D eigenvalue weighted by atomic mass is 9.86. The first-order chi connectivity index (χ1) is 10.1. The van der Waals surface area contributed by atoms with Gasteiger partial charge in [-0.1, -0.05) is 6.42 Å². The highest BCUT2D eigenvalue weighted by Gasteiger charge is 2.20. The highest BCUT2D eigenvalue weighted by Crippen LogP contribution is 2.25. The monoisotopic (exact) mass is 317 g/mol. The first kappa shape index (κ1) is 16.7. The molecule has 1 heterocycles. The Bertz CT molecular complexity index is 429. The van der Waals surface area contributed by atoms with Crippen molar-refractivity contribution in [3.8, 4) is 0 Å². The number of rotatable bonds is 9. The third-order valence-electron chi connectivity index (χ3n) is 4.45. The zero-order chi connectivity index (χ0) is 15.1. The van der Waals surface area contributed by atoms with Gasteiger partial charge in [0, 0.05) is 19.5 Å². The Morgan fingerprint density at radius 1 is 1.19 bits per heavy atom. The lowest BCUT2D eigenvalue weighted by molar-refractivity contribution is -0.121. The van der Waals surface area contributed by atoms with Gasteiger partial charge in [-0.25, -0.2) is 13.1 Å². The summed E-state index contributed by atoms with van der Waals surface area (Å²) in [5.41, 5.74) is 0. The molecule has 0 spiro atoms. The van der Waals surface area contributed by atoms with Crippen molar-refractivity contribution in [3.05, 3.63) is 0 Å². The van der Waals surface area contributed by atoms with E-state index < -0.39 is 10.0 Å². The molecule has 6 nitrogen and oxygen atoms in total. The minimum Gasteiger partial charge on any atom is -0.355 e. The molecule has 122 valence electrons. The molecule has 1 aliphatic heterocycles. The summed E-state index contributed by atoms with van der Waals surface area (Å²) in [6.45, 7) is 2.77. The predicted molar refractivity (Wildman–Crippen MR) is 82.4 cm³/mol. The minimum atomic E-state index is -3.25. The zero-order valence-electron chi connectivity index (χ0n) is 12.6. The molecule has 0 bridgehead atoms. The number of amides is 1. The molecule has 3 N–H and O–H groups in total. The predicted octanol–water partition coefficient (Wildman–Crippen LogP) is 0.212. The summed E-state index contributed by atoms with van der Waals surface area (Å²) in [6.07, 6.45) is 5.95. The van der Waals surface area contributed by atoms with Crippen molar-refractivity contribution < 1.29 is 13.2 Å². The number of hydrogen-bond acceptors (Lipinski definition) is 4. The van der Waals surface area contributed by atoms with Gasteiger partial charge in [0.2, 0.25) is 15.9 Å². The van der Waals surface area contributed by atoms with Gasteiger partial charge in [-0.2, -0.15) is 0 Å². The van der Waals surface area contributed by atoms with E-state index in [0.717, 1.165) is 38.8 Å². The van der Waals surface area contributed by atoms with Gasteiger partial charge < -0.3 is 10.6 Å². The summed E-state index contributed by atoms with van der Waals surface area (Å²) in [5, 5.41) is 5.97. The van der Waals surface area contributed by atoms with Crippen molar-refractivity contribution in [2.45, 2.75) is 38.5 Å². The first-order valence-electron chi connectivity index (χ1n) is 8.00. The Kier molecular flexibility index (Phi) is 6.44. The lowest BCUT2D eigenvalue weighted by Gasteiger charge is -2.25. The van der Waals surface area contributed by atoms with Crippen LogP contribution in [0, 0.1) is 11.8 Å². The van der Waals surface area contributed by atoms with E-state index >= 15 is 0 Å². The molecule has 1 amide bonds. The minimum absolute atomic E-state index is 0.0313. The molecule has 1 aliphatic carbocycles. The van der Waals surface area contributed by atoms with Crippen LogP contribution >= 0.6 is 0 Å². The molecule has 7 heteroatoms. The van der Waals surface area contributed by atoms with Crippen LogP contribution in [-0.4, -0.2) is 46.3 Å². The van der Waals surface area contributed by atoms with E-state index in [2.05, 4.69) is 15.4 Å². The second kappa shape index (κ2) is 8.10. The van der Waals surface area contributed by atoms with Crippen molar-refractivity contribution in [2.75, 3.05) is 31.9 Å². The van der Waals surface area contributed by atoms with Crippen LogP contribution in [0.2, 0.25) is 0 Å². The molecule has 1 atom stereocenters.